The van der Waals surface area contributed by atoms with E-state index in [2.05, 4.69) is 28.9 Å². The van der Waals surface area contributed by atoms with Gasteiger partial charge in [0.25, 0.3) is 5.91 Å². The minimum Gasteiger partial charge on any atom is -0.351 e. The molecule has 0 bridgehead atoms. The fourth-order valence-corrected chi connectivity index (χ4v) is 3.75. The molecule has 0 aliphatic carbocycles. The van der Waals surface area contributed by atoms with Crippen molar-refractivity contribution in [1.82, 2.24) is 14.8 Å². The number of nitrogens with zero attached hydrogens (tertiary/aromatic N) is 2. The summed E-state index contributed by atoms with van der Waals surface area (Å²) in [5.74, 6) is 0.0833. The molecule has 1 atom stereocenters. The SMILES string of the molecule is CC(c1ccc(Cl)cc1)N1CCN(C(=O)c2cc3ccccc3[nH]2)CC1. The lowest BCUT2D eigenvalue weighted by Gasteiger charge is -2.38. The maximum absolute atomic E-state index is 12.8. The maximum atomic E-state index is 12.8. The predicted octanol–water partition coefficient (Wildman–Crippen LogP) is 4.34. The Bertz CT molecular complexity index is 877. The Hall–Kier alpha value is -2.30. The van der Waals surface area contributed by atoms with Crippen molar-refractivity contribution in [1.29, 1.82) is 0 Å². The summed E-state index contributed by atoms with van der Waals surface area (Å²) < 4.78 is 0. The van der Waals surface area contributed by atoms with Gasteiger partial charge >= 0.3 is 0 Å². The van der Waals surface area contributed by atoms with Gasteiger partial charge < -0.3 is 9.88 Å². The molecule has 1 aromatic heterocycles. The fraction of sp³-hybridized carbons (Fsp3) is 0.286. The van der Waals surface area contributed by atoms with Crippen molar-refractivity contribution in [2.75, 3.05) is 26.2 Å². The second kappa shape index (κ2) is 7.14. The number of fused-ring (bicyclic) bond motifs is 1. The van der Waals surface area contributed by atoms with Gasteiger partial charge in [0, 0.05) is 48.1 Å². The number of nitrogens with one attached hydrogen (secondary N) is 1. The highest BCUT2D eigenvalue weighted by Gasteiger charge is 2.26. The van der Waals surface area contributed by atoms with Crippen molar-refractivity contribution in [3.8, 4) is 0 Å². The number of benzene rings is 2. The molecule has 1 N–H and O–H groups in total. The Morgan fingerprint density at radius 2 is 1.73 bits per heavy atom. The zero-order valence-electron chi connectivity index (χ0n) is 14.8. The van der Waals surface area contributed by atoms with Crippen LogP contribution in [0.2, 0.25) is 5.02 Å². The number of hydrogen-bond acceptors (Lipinski definition) is 2. The van der Waals surface area contributed by atoms with Crippen molar-refractivity contribution in [3.63, 3.8) is 0 Å². The van der Waals surface area contributed by atoms with Crippen molar-refractivity contribution in [3.05, 3.63) is 70.9 Å². The molecule has 0 radical (unpaired) electrons. The second-order valence-electron chi connectivity index (χ2n) is 6.83. The van der Waals surface area contributed by atoms with Crippen molar-refractivity contribution < 1.29 is 4.79 Å². The summed E-state index contributed by atoms with van der Waals surface area (Å²) in [4.78, 5) is 20.4. The molecule has 3 aromatic rings. The van der Waals surface area contributed by atoms with Crippen LogP contribution in [0.1, 0.15) is 29.0 Å². The van der Waals surface area contributed by atoms with E-state index < -0.39 is 0 Å². The van der Waals surface area contributed by atoms with Crippen molar-refractivity contribution >= 4 is 28.4 Å². The summed E-state index contributed by atoms with van der Waals surface area (Å²) in [6, 6.07) is 18.3. The van der Waals surface area contributed by atoms with Crippen LogP contribution in [-0.2, 0) is 0 Å². The number of halogens is 1. The number of aromatic amines is 1. The van der Waals surface area contributed by atoms with Gasteiger partial charge in [0.05, 0.1) is 0 Å². The number of piperazine rings is 1. The monoisotopic (exact) mass is 367 g/mol. The third kappa shape index (κ3) is 3.35. The Morgan fingerprint density at radius 3 is 2.42 bits per heavy atom. The number of H-pyrrole nitrogens is 1. The first kappa shape index (κ1) is 17.1. The number of para-hydroxylation sites is 1. The van der Waals surface area contributed by atoms with E-state index >= 15 is 0 Å². The summed E-state index contributed by atoms with van der Waals surface area (Å²) in [5, 5.41) is 1.83. The number of carbonyl (C=O) groups is 1. The molecule has 4 rings (SSSR count). The number of carbonyl (C=O) groups excluding carboxylic acids is 1. The van der Waals surface area contributed by atoms with Crippen molar-refractivity contribution in [2.24, 2.45) is 0 Å². The Balaban J connectivity index is 1.41. The third-order valence-electron chi connectivity index (χ3n) is 5.26. The highest BCUT2D eigenvalue weighted by Crippen LogP contribution is 2.24. The van der Waals surface area contributed by atoms with Crippen LogP contribution in [0.25, 0.3) is 10.9 Å². The Labute approximate surface area is 158 Å². The van der Waals surface area contributed by atoms with E-state index in [9.17, 15) is 4.79 Å². The highest BCUT2D eigenvalue weighted by molar-refractivity contribution is 6.30. The summed E-state index contributed by atoms with van der Waals surface area (Å²) in [6.07, 6.45) is 0. The first-order valence-corrected chi connectivity index (χ1v) is 9.36. The van der Waals surface area contributed by atoms with Crippen LogP contribution in [0.15, 0.2) is 54.6 Å². The average molecular weight is 368 g/mol. The largest absolute Gasteiger partial charge is 0.351 e. The van der Waals surface area contributed by atoms with Crippen LogP contribution in [0.4, 0.5) is 0 Å². The number of aromatic nitrogens is 1. The molecule has 26 heavy (non-hydrogen) atoms. The van der Waals surface area contributed by atoms with E-state index in [1.54, 1.807) is 0 Å². The molecule has 4 nitrogen and oxygen atoms in total. The summed E-state index contributed by atoms with van der Waals surface area (Å²) in [6.45, 7) is 5.43. The molecule has 1 fully saturated rings. The standard InChI is InChI=1S/C21H22ClN3O/c1-15(16-6-8-18(22)9-7-16)24-10-12-25(13-11-24)21(26)20-14-17-4-2-3-5-19(17)23-20/h2-9,14-15,23H,10-13H2,1H3. The molecule has 1 amide bonds. The van der Waals surface area contributed by atoms with Gasteiger partial charge in [-0.2, -0.15) is 0 Å². The number of hydrogen-bond donors (Lipinski definition) is 1. The van der Waals surface area contributed by atoms with Gasteiger partial charge in [-0.05, 0) is 36.8 Å². The molecule has 1 saturated heterocycles. The van der Waals surface area contributed by atoms with E-state index in [1.165, 1.54) is 5.56 Å². The summed E-state index contributed by atoms with van der Waals surface area (Å²) >= 11 is 5.98. The highest BCUT2D eigenvalue weighted by atomic mass is 35.5. The summed E-state index contributed by atoms with van der Waals surface area (Å²) in [7, 11) is 0. The molecule has 134 valence electrons. The average Bonchev–Trinajstić information content (AvgIpc) is 3.12. The van der Waals surface area contributed by atoms with Crippen LogP contribution in [0.5, 0.6) is 0 Å². The second-order valence-corrected chi connectivity index (χ2v) is 7.26. The zero-order valence-corrected chi connectivity index (χ0v) is 15.5. The minimum absolute atomic E-state index is 0.0833. The lowest BCUT2D eigenvalue weighted by atomic mass is 10.1. The number of rotatable bonds is 3. The molecule has 2 aromatic carbocycles. The van der Waals surface area contributed by atoms with Crippen LogP contribution in [0.3, 0.4) is 0 Å². The molecular formula is C21H22ClN3O. The van der Waals surface area contributed by atoms with Crippen LogP contribution >= 0.6 is 11.6 Å². The molecule has 1 unspecified atom stereocenters. The third-order valence-corrected chi connectivity index (χ3v) is 5.51. The molecule has 0 saturated carbocycles. The molecular weight excluding hydrogens is 346 g/mol. The van der Waals surface area contributed by atoms with Gasteiger partial charge in [0.1, 0.15) is 5.69 Å². The van der Waals surface area contributed by atoms with Crippen LogP contribution < -0.4 is 0 Å². The van der Waals surface area contributed by atoms with Gasteiger partial charge in [-0.25, -0.2) is 0 Å². The maximum Gasteiger partial charge on any atom is 0.270 e. The van der Waals surface area contributed by atoms with E-state index in [0.29, 0.717) is 11.7 Å². The lowest BCUT2D eigenvalue weighted by Crippen LogP contribution is -2.49. The first-order chi connectivity index (χ1) is 12.6. The first-order valence-electron chi connectivity index (χ1n) is 8.98. The molecule has 1 aliphatic rings. The van der Waals surface area contributed by atoms with Gasteiger partial charge in [0.2, 0.25) is 0 Å². The van der Waals surface area contributed by atoms with Crippen LogP contribution in [0, 0.1) is 0 Å². The Morgan fingerprint density at radius 1 is 1.04 bits per heavy atom. The van der Waals surface area contributed by atoms with Gasteiger partial charge in [0.15, 0.2) is 0 Å². The van der Waals surface area contributed by atoms with E-state index in [-0.39, 0.29) is 5.91 Å². The topological polar surface area (TPSA) is 39.3 Å². The molecule has 2 heterocycles. The molecule has 1 aliphatic heterocycles. The number of amides is 1. The predicted molar refractivity (Wildman–Crippen MR) is 106 cm³/mol. The van der Waals surface area contributed by atoms with E-state index in [4.69, 9.17) is 11.6 Å². The minimum atomic E-state index is 0.0833. The smallest absolute Gasteiger partial charge is 0.270 e. The summed E-state index contributed by atoms with van der Waals surface area (Å²) in [5.41, 5.74) is 2.93. The van der Waals surface area contributed by atoms with Crippen LogP contribution in [-0.4, -0.2) is 46.9 Å². The molecule has 0 spiro atoms. The van der Waals surface area contributed by atoms with E-state index in [1.807, 2.05) is 47.4 Å². The Kier molecular flexibility index (Phi) is 4.70. The molecule has 5 heteroatoms. The van der Waals surface area contributed by atoms with Gasteiger partial charge in [-0.15, -0.1) is 0 Å². The van der Waals surface area contributed by atoms with Gasteiger partial charge in [-0.3, -0.25) is 9.69 Å². The van der Waals surface area contributed by atoms with Gasteiger partial charge in [-0.1, -0.05) is 41.9 Å². The lowest BCUT2D eigenvalue weighted by molar-refractivity contribution is 0.0577. The van der Waals surface area contributed by atoms with E-state index in [0.717, 1.165) is 42.1 Å². The quantitative estimate of drug-likeness (QED) is 0.747. The normalized spacial score (nSPS) is 16.8. The fourth-order valence-electron chi connectivity index (χ4n) is 3.62. The van der Waals surface area contributed by atoms with Crippen molar-refractivity contribution in [2.45, 2.75) is 13.0 Å². The zero-order chi connectivity index (χ0) is 18.1.